The van der Waals surface area contributed by atoms with Gasteiger partial charge in [0, 0.05) is 12.6 Å². The van der Waals surface area contributed by atoms with Crippen LogP contribution in [0.4, 0.5) is 0 Å². The van der Waals surface area contributed by atoms with Gasteiger partial charge in [0.25, 0.3) is 5.91 Å². The van der Waals surface area contributed by atoms with Gasteiger partial charge in [-0.2, -0.15) is 0 Å². The number of nitrogens with two attached hydrogens (primary N) is 1. The quantitative estimate of drug-likeness (QED) is 0.669. The normalized spacial score (nSPS) is 20.6. The summed E-state index contributed by atoms with van der Waals surface area (Å²) in [4.78, 5) is 25.3. The molecule has 1 saturated heterocycles. The van der Waals surface area contributed by atoms with Crippen LogP contribution in [0.3, 0.4) is 0 Å². The lowest BCUT2D eigenvalue weighted by Gasteiger charge is -2.29. The fraction of sp³-hybridized carbons (Fsp3) is 0.500. The molecule has 4 N–H and O–H groups in total. The third-order valence-electron chi connectivity index (χ3n) is 4.17. The second-order valence-corrected chi connectivity index (χ2v) is 5.62. The van der Waals surface area contributed by atoms with Gasteiger partial charge in [-0.25, -0.2) is 0 Å². The Kier molecular flexibility index (Phi) is 5.51. The topological polar surface area (TPSA) is 95.7 Å². The highest BCUT2D eigenvalue weighted by molar-refractivity contribution is 5.89. The number of carbonyl (C=O) groups is 2. The molecule has 0 saturated carbocycles. The number of likely N-dealkylation sites (tertiary alicyclic amines) is 1. The van der Waals surface area contributed by atoms with E-state index < -0.39 is 30.0 Å². The summed E-state index contributed by atoms with van der Waals surface area (Å²) >= 11 is 0. The van der Waals surface area contributed by atoms with Gasteiger partial charge in [0.05, 0.1) is 0 Å². The Labute approximate surface area is 130 Å². The predicted molar refractivity (Wildman–Crippen MR) is 82.9 cm³/mol. The highest BCUT2D eigenvalue weighted by atomic mass is 16.3. The Morgan fingerprint density at radius 3 is 2.68 bits per heavy atom. The minimum atomic E-state index is -1.20. The molecular formula is C16H23N3O3. The summed E-state index contributed by atoms with van der Waals surface area (Å²) in [5, 5.41) is 13.4. The summed E-state index contributed by atoms with van der Waals surface area (Å²) in [5.41, 5.74) is 6.36. The number of hydrogen-bond acceptors (Lipinski definition) is 4. The third kappa shape index (κ3) is 3.64. The molecule has 2 amide bonds. The number of aliphatic hydroxyl groups excluding tert-OH is 1. The van der Waals surface area contributed by atoms with Crippen molar-refractivity contribution < 1.29 is 14.7 Å². The number of amides is 2. The minimum Gasteiger partial charge on any atom is -0.382 e. The Bertz CT molecular complexity index is 521. The second kappa shape index (κ2) is 7.38. The first-order valence-corrected chi connectivity index (χ1v) is 7.53. The molecule has 0 aliphatic carbocycles. The molecule has 22 heavy (non-hydrogen) atoms. The zero-order valence-corrected chi connectivity index (χ0v) is 12.7. The fourth-order valence-electron chi connectivity index (χ4n) is 2.91. The van der Waals surface area contributed by atoms with E-state index in [-0.39, 0.29) is 0 Å². The summed E-state index contributed by atoms with van der Waals surface area (Å²) in [5.74, 6) is -0.946. The molecule has 1 aliphatic rings. The summed E-state index contributed by atoms with van der Waals surface area (Å²) in [6.45, 7) is 0.464. The molecule has 3 unspecified atom stereocenters. The lowest BCUT2D eigenvalue weighted by molar-refractivity contribution is -0.145. The van der Waals surface area contributed by atoms with E-state index in [2.05, 4.69) is 5.32 Å². The van der Waals surface area contributed by atoms with E-state index in [1.807, 2.05) is 30.3 Å². The molecule has 6 nitrogen and oxygen atoms in total. The molecule has 0 radical (unpaired) electrons. The van der Waals surface area contributed by atoms with Crippen LogP contribution in [0.15, 0.2) is 30.3 Å². The molecule has 120 valence electrons. The monoisotopic (exact) mass is 305 g/mol. The van der Waals surface area contributed by atoms with Crippen LogP contribution < -0.4 is 11.1 Å². The van der Waals surface area contributed by atoms with E-state index in [0.717, 1.165) is 12.0 Å². The first-order chi connectivity index (χ1) is 10.5. The number of likely N-dealkylation sites (N-methyl/N-ethyl adjacent to an activating group) is 1. The summed E-state index contributed by atoms with van der Waals surface area (Å²) < 4.78 is 0. The van der Waals surface area contributed by atoms with E-state index in [4.69, 9.17) is 5.73 Å². The Morgan fingerprint density at radius 2 is 2.09 bits per heavy atom. The van der Waals surface area contributed by atoms with Crippen LogP contribution in [0.1, 0.15) is 18.4 Å². The molecule has 6 heteroatoms. The van der Waals surface area contributed by atoms with E-state index in [1.165, 1.54) is 4.90 Å². The van der Waals surface area contributed by atoms with Gasteiger partial charge in [-0.05, 0) is 31.9 Å². The van der Waals surface area contributed by atoms with Crippen LogP contribution in [0.5, 0.6) is 0 Å². The van der Waals surface area contributed by atoms with Gasteiger partial charge >= 0.3 is 0 Å². The summed E-state index contributed by atoms with van der Waals surface area (Å²) in [7, 11) is 1.71. The molecule has 0 bridgehead atoms. The standard InChI is InChI=1S/C16H23N3O3/c1-18-12(10-11-6-3-2-4-7-11)14(20)16(22)19-9-5-8-13(19)15(17)21/h2-4,6-7,12-14,18,20H,5,8-10H2,1H3,(H2,17,21). The van der Waals surface area contributed by atoms with Gasteiger partial charge in [-0.1, -0.05) is 30.3 Å². The van der Waals surface area contributed by atoms with Gasteiger partial charge in [0.2, 0.25) is 5.91 Å². The van der Waals surface area contributed by atoms with Crippen molar-refractivity contribution in [2.24, 2.45) is 5.73 Å². The Morgan fingerprint density at radius 1 is 1.41 bits per heavy atom. The van der Waals surface area contributed by atoms with Crippen LogP contribution in [0.25, 0.3) is 0 Å². The first-order valence-electron chi connectivity index (χ1n) is 7.53. The molecule has 1 aliphatic heterocycles. The van der Waals surface area contributed by atoms with E-state index in [1.54, 1.807) is 7.05 Å². The van der Waals surface area contributed by atoms with Gasteiger partial charge < -0.3 is 21.1 Å². The van der Waals surface area contributed by atoms with Crippen molar-refractivity contribution in [2.45, 2.75) is 37.5 Å². The number of nitrogens with one attached hydrogen (secondary N) is 1. The number of nitrogens with zero attached hydrogens (tertiary/aromatic N) is 1. The molecule has 0 aromatic heterocycles. The zero-order valence-electron chi connectivity index (χ0n) is 12.7. The van der Waals surface area contributed by atoms with Crippen molar-refractivity contribution >= 4 is 11.8 Å². The second-order valence-electron chi connectivity index (χ2n) is 5.62. The van der Waals surface area contributed by atoms with Crippen LogP contribution in [-0.4, -0.2) is 53.6 Å². The van der Waals surface area contributed by atoms with E-state index in [9.17, 15) is 14.7 Å². The lowest BCUT2D eigenvalue weighted by atomic mass is 10.00. The molecular weight excluding hydrogens is 282 g/mol. The number of hydrogen-bond donors (Lipinski definition) is 3. The van der Waals surface area contributed by atoms with Crippen molar-refractivity contribution in [1.82, 2.24) is 10.2 Å². The summed E-state index contributed by atoms with van der Waals surface area (Å²) in [6, 6.07) is 8.63. The van der Waals surface area contributed by atoms with Crippen molar-refractivity contribution in [3.05, 3.63) is 35.9 Å². The maximum atomic E-state index is 12.5. The van der Waals surface area contributed by atoms with Gasteiger partial charge in [0.1, 0.15) is 12.1 Å². The predicted octanol–water partition coefficient (Wildman–Crippen LogP) is -0.346. The fourth-order valence-corrected chi connectivity index (χ4v) is 2.91. The SMILES string of the molecule is CNC(Cc1ccccc1)C(O)C(=O)N1CCCC1C(N)=O. The molecule has 2 rings (SSSR count). The van der Waals surface area contributed by atoms with Crippen molar-refractivity contribution in [3.63, 3.8) is 0 Å². The Balaban J connectivity index is 2.05. The number of primary amides is 1. The highest BCUT2D eigenvalue weighted by Gasteiger charge is 2.37. The molecule has 1 aromatic rings. The molecule has 1 fully saturated rings. The van der Waals surface area contributed by atoms with Crippen molar-refractivity contribution in [3.8, 4) is 0 Å². The van der Waals surface area contributed by atoms with Crippen LogP contribution >= 0.6 is 0 Å². The number of carbonyl (C=O) groups excluding carboxylic acids is 2. The smallest absolute Gasteiger partial charge is 0.253 e. The number of benzene rings is 1. The van der Waals surface area contributed by atoms with E-state index >= 15 is 0 Å². The zero-order chi connectivity index (χ0) is 16.1. The minimum absolute atomic E-state index is 0.413. The van der Waals surface area contributed by atoms with Crippen molar-refractivity contribution in [2.75, 3.05) is 13.6 Å². The van der Waals surface area contributed by atoms with E-state index in [0.29, 0.717) is 19.4 Å². The highest BCUT2D eigenvalue weighted by Crippen LogP contribution is 2.19. The van der Waals surface area contributed by atoms with Crippen LogP contribution in [-0.2, 0) is 16.0 Å². The van der Waals surface area contributed by atoms with Crippen molar-refractivity contribution in [1.29, 1.82) is 0 Å². The summed E-state index contributed by atoms with van der Waals surface area (Å²) in [6.07, 6.45) is 0.621. The van der Waals surface area contributed by atoms with Crippen LogP contribution in [0.2, 0.25) is 0 Å². The maximum absolute atomic E-state index is 12.5. The van der Waals surface area contributed by atoms with Gasteiger partial charge in [0.15, 0.2) is 0 Å². The third-order valence-corrected chi connectivity index (χ3v) is 4.17. The molecule has 1 heterocycles. The average molecular weight is 305 g/mol. The molecule has 0 spiro atoms. The molecule has 3 atom stereocenters. The largest absolute Gasteiger partial charge is 0.382 e. The average Bonchev–Trinajstić information content (AvgIpc) is 3.02. The van der Waals surface area contributed by atoms with Gasteiger partial charge in [-0.15, -0.1) is 0 Å². The lowest BCUT2D eigenvalue weighted by Crippen LogP contribution is -2.53. The van der Waals surface area contributed by atoms with Crippen LogP contribution in [0, 0.1) is 0 Å². The molecule has 1 aromatic carbocycles. The number of aliphatic hydroxyl groups is 1. The van der Waals surface area contributed by atoms with Gasteiger partial charge in [-0.3, -0.25) is 9.59 Å². The maximum Gasteiger partial charge on any atom is 0.253 e. The first kappa shape index (κ1) is 16.5. The Hall–Kier alpha value is -1.92. The number of rotatable bonds is 6.